The molecule has 0 bridgehead atoms. The number of hydrogen-bond acceptors (Lipinski definition) is 4. The Labute approximate surface area is 161 Å². The number of rotatable bonds is 2. The van der Waals surface area contributed by atoms with Gasteiger partial charge in [0.05, 0.1) is 20.0 Å². The summed E-state index contributed by atoms with van der Waals surface area (Å²) in [6.45, 7) is 0. The first-order valence-electron chi connectivity index (χ1n) is 6.64. The van der Waals surface area contributed by atoms with E-state index in [0.29, 0.717) is 25.5 Å². The van der Waals surface area contributed by atoms with Gasteiger partial charge in [-0.25, -0.2) is 4.98 Å². The Morgan fingerprint density at radius 3 is 2.46 bits per heavy atom. The summed E-state index contributed by atoms with van der Waals surface area (Å²) in [6, 6.07) is 8.41. The lowest BCUT2D eigenvalue weighted by molar-refractivity contribution is 0.468. The van der Waals surface area contributed by atoms with Gasteiger partial charge in [-0.15, -0.1) is 0 Å². The molecule has 1 heterocycles. The second-order valence-corrected chi connectivity index (χ2v) is 7.56. The van der Waals surface area contributed by atoms with Crippen LogP contribution in [0.15, 0.2) is 48.5 Å². The second-order valence-electron chi connectivity index (χ2n) is 4.93. The first kappa shape index (κ1) is 17.2. The van der Waals surface area contributed by atoms with Gasteiger partial charge in [0.25, 0.3) is 5.56 Å². The highest BCUT2D eigenvalue weighted by Crippen LogP contribution is 2.35. The van der Waals surface area contributed by atoms with Gasteiger partial charge in [-0.3, -0.25) is 4.79 Å². The zero-order chi connectivity index (χ0) is 17.4. The zero-order valence-corrected chi connectivity index (χ0v) is 16.6. The quantitative estimate of drug-likeness (QED) is 0.420. The van der Waals surface area contributed by atoms with Crippen molar-refractivity contribution in [2.45, 2.75) is 0 Å². The highest BCUT2D eigenvalue weighted by molar-refractivity contribution is 9.11. The lowest BCUT2D eigenvalue weighted by Gasteiger charge is -2.06. The summed E-state index contributed by atoms with van der Waals surface area (Å²) in [6.07, 6.45) is 1.28. The molecule has 0 saturated heterocycles. The number of phenols is 1. The molecule has 0 atom stereocenters. The van der Waals surface area contributed by atoms with Gasteiger partial charge in [0, 0.05) is 16.1 Å². The summed E-state index contributed by atoms with van der Waals surface area (Å²) in [5.41, 5.74) is 1.29. The number of aromatic hydroxyl groups is 1. The molecule has 24 heavy (non-hydrogen) atoms. The molecule has 0 spiro atoms. The fourth-order valence-corrected chi connectivity index (χ4v) is 3.64. The maximum absolute atomic E-state index is 12.2. The van der Waals surface area contributed by atoms with Gasteiger partial charge in [-0.2, -0.15) is 0 Å². The molecule has 3 N–H and O–H groups in total. The normalized spacial score (nSPS) is 11.9. The van der Waals surface area contributed by atoms with Crippen molar-refractivity contribution >= 4 is 70.7 Å². The lowest BCUT2D eigenvalue weighted by atomic mass is 10.1. The van der Waals surface area contributed by atoms with Crippen LogP contribution in [0.1, 0.15) is 11.3 Å². The van der Waals surface area contributed by atoms with Crippen LogP contribution in [0.3, 0.4) is 0 Å². The van der Waals surface area contributed by atoms with Crippen molar-refractivity contribution in [1.29, 1.82) is 0 Å². The molecular weight excluding hydrogens is 508 g/mol. The van der Waals surface area contributed by atoms with Gasteiger partial charge in [0.1, 0.15) is 17.2 Å². The number of aromatic nitrogens is 2. The number of fused-ring (bicyclic) bond motifs is 1. The maximum atomic E-state index is 12.2. The van der Waals surface area contributed by atoms with E-state index in [1.807, 2.05) is 6.07 Å². The Kier molecular flexibility index (Phi) is 4.80. The fraction of sp³-hybridized carbons (Fsp3) is 0. The summed E-state index contributed by atoms with van der Waals surface area (Å²) >= 11 is 9.73. The predicted molar refractivity (Wildman–Crippen MR) is 104 cm³/mol. The molecular formula is C16H9Br3N2O3. The first-order valence-corrected chi connectivity index (χ1v) is 9.01. The van der Waals surface area contributed by atoms with E-state index >= 15 is 0 Å². The molecule has 1 aromatic heterocycles. The highest BCUT2D eigenvalue weighted by Gasteiger charge is 2.10. The summed E-state index contributed by atoms with van der Waals surface area (Å²) in [5.74, 6) is -0.121. The van der Waals surface area contributed by atoms with Crippen LogP contribution in [0.2, 0.25) is 0 Å². The number of aliphatic hydroxyl groups excluding tert-OH is 1. The Hall–Kier alpha value is -1.64. The Balaban J connectivity index is 2.10. The van der Waals surface area contributed by atoms with E-state index in [4.69, 9.17) is 0 Å². The van der Waals surface area contributed by atoms with Crippen LogP contribution in [-0.4, -0.2) is 20.2 Å². The van der Waals surface area contributed by atoms with E-state index in [1.165, 1.54) is 18.2 Å². The third kappa shape index (κ3) is 3.40. The van der Waals surface area contributed by atoms with E-state index < -0.39 is 5.56 Å². The molecule has 8 heteroatoms. The summed E-state index contributed by atoms with van der Waals surface area (Å²) in [4.78, 5) is 19.1. The largest absolute Gasteiger partial charge is 0.507 e. The van der Waals surface area contributed by atoms with Crippen LogP contribution < -0.4 is 5.56 Å². The molecule has 3 rings (SSSR count). The Bertz CT molecular complexity index is 1020. The molecule has 5 nitrogen and oxygen atoms in total. The molecule has 0 amide bonds. The number of aliphatic hydroxyl groups is 1. The van der Waals surface area contributed by atoms with Crippen LogP contribution in [0.25, 0.3) is 22.9 Å². The number of H-pyrrole nitrogens is 1. The monoisotopic (exact) mass is 514 g/mol. The SMILES string of the molecule is O=c1[nH]c2cc(Br)ccc2nc1/C=C(\O)c1cc(Br)c(O)c(Br)c1. The van der Waals surface area contributed by atoms with E-state index in [0.717, 1.165) is 4.47 Å². The van der Waals surface area contributed by atoms with Gasteiger partial charge in [-0.1, -0.05) is 15.9 Å². The van der Waals surface area contributed by atoms with E-state index in [9.17, 15) is 15.0 Å². The summed E-state index contributed by atoms with van der Waals surface area (Å²) < 4.78 is 1.66. The highest BCUT2D eigenvalue weighted by atomic mass is 79.9. The zero-order valence-electron chi connectivity index (χ0n) is 11.8. The topological polar surface area (TPSA) is 86.2 Å². The van der Waals surface area contributed by atoms with Gasteiger partial charge < -0.3 is 15.2 Å². The van der Waals surface area contributed by atoms with Crippen molar-refractivity contribution in [3.63, 3.8) is 0 Å². The van der Waals surface area contributed by atoms with Crippen molar-refractivity contribution in [2.75, 3.05) is 0 Å². The molecule has 0 radical (unpaired) electrons. The fourth-order valence-electron chi connectivity index (χ4n) is 2.10. The van der Waals surface area contributed by atoms with Crippen molar-refractivity contribution < 1.29 is 10.2 Å². The van der Waals surface area contributed by atoms with Crippen LogP contribution >= 0.6 is 47.8 Å². The molecule has 2 aromatic carbocycles. The molecule has 0 aliphatic heterocycles. The smallest absolute Gasteiger partial charge is 0.274 e. The average molecular weight is 517 g/mol. The second kappa shape index (κ2) is 6.70. The van der Waals surface area contributed by atoms with Crippen molar-refractivity contribution in [3.8, 4) is 5.75 Å². The summed E-state index contributed by atoms with van der Waals surface area (Å²) in [5, 5.41) is 20.0. The van der Waals surface area contributed by atoms with Gasteiger partial charge in [-0.05, 0) is 62.2 Å². The molecule has 0 aliphatic rings. The Morgan fingerprint density at radius 1 is 1.12 bits per heavy atom. The Morgan fingerprint density at radius 2 is 1.79 bits per heavy atom. The van der Waals surface area contributed by atoms with E-state index in [1.54, 1.807) is 12.1 Å². The van der Waals surface area contributed by atoms with Crippen LogP contribution in [0, 0.1) is 0 Å². The minimum atomic E-state index is -0.413. The minimum Gasteiger partial charge on any atom is -0.507 e. The van der Waals surface area contributed by atoms with Crippen molar-refractivity contribution in [1.82, 2.24) is 9.97 Å². The number of hydrogen-bond donors (Lipinski definition) is 3. The van der Waals surface area contributed by atoms with Crippen molar-refractivity contribution in [3.05, 3.63) is 65.4 Å². The van der Waals surface area contributed by atoms with E-state index in [2.05, 4.69) is 57.8 Å². The van der Waals surface area contributed by atoms with Crippen LogP contribution in [0.5, 0.6) is 5.75 Å². The number of phenolic OH excluding ortho intramolecular Hbond substituents is 1. The molecule has 0 fully saturated rings. The number of halogens is 3. The number of aromatic amines is 1. The van der Waals surface area contributed by atoms with E-state index in [-0.39, 0.29) is 17.2 Å². The minimum absolute atomic E-state index is 0.0267. The molecule has 3 aromatic rings. The molecule has 0 unspecified atom stereocenters. The third-order valence-corrected chi connectivity index (χ3v) is 4.97. The lowest BCUT2D eigenvalue weighted by Crippen LogP contribution is -2.12. The summed E-state index contributed by atoms with van der Waals surface area (Å²) in [7, 11) is 0. The molecule has 0 aliphatic carbocycles. The van der Waals surface area contributed by atoms with Crippen LogP contribution in [0.4, 0.5) is 0 Å². The van der Waals surface area contributed by atoms with Gasteiger partial charge >= 0.3 is 0 Å². The number of benzene rings is 2. The first-order chi connectivity index (χ1) is 11.3. The number of nitrogens with one attached hydrogen (secondary N) is 1. The maximum Gasteiger partial charge on any atom is 0.274 e. The standard InChI is InChI=1S/C16H9Br3N2O3/c17-8-1-2-11-12(5-8)21-16(24)13(20-11)6-14(22)7-3-9(18)15(23)10(19)4-7/h1-6,22-23H,(H,21,24)/b14-6-. The number of nitrogens with zero attached hydrogens (tertiary/aromatic N) is 1. The third-order valence-electron chi connectivity index (χ3n) is 3.27. The van der Waals surface area contributed by atoms with Gasteiger partial charge in [0.2, 0.25) is 0 Å². The molecule has 122 valence electrons. The molecule has 0 saturated carbocycles. The predicted octanol–water partition coefficient (Wildman–Crippen LogP) is 4.97. The van der Waals surface area contributed by atoms with Crippen LogP contribution in [-0.2, 0) is 0 Å². The van der Waals surface area contributed by atoms with Gasteiger partial charge in [0.15, 0.2) is 0 Å². The van der Waals surface area contributed by atoms with Crippen molar-refractivity contribution in [2.24, 2.45) is 0 Å². The average Bonchev–Trinajstić information content (AvgIpc) is 2.53.